The number of hydrogen-bond donors (Lipinski definition) is 2. The van der Waals surface area contributed by atoms with Crippen molar-refractivity contribution in [2.75, 3.05) is 13.1 Å². The predicted molar refractivity (Wildman–Crippen MR) is 177 cm³/mol. The lowest BCUT2D eigenvalue weighted by atomic mass is 10.1. The zero-order valence-electron chi connectivity index (χ0n) is 23.5. The molecule has 6 rings (SSSR count). The number of pyridine rings is 2. The van der Waals surface area contributed by atoms with Gasteiger partial charge in [-0.3, -0.25) is 20.0 Å². The van der Waals surface area contributed by atoms with Gasteiger partial charge in [-0.1, -0.05) is 35.3 Å². The predicted octanol–water partition coefficient (Wildman–Crippen LogP) is 5.86. The van der Waals surface area contributed by atoms with Crippen molar-refractivity contribution in [1.82, 2.24) is 30.7 Å². The number of aliphatic imine (C=N–C) groups is 1. The Balaban J connectivity index is 0.000000181. The van der Waals surface area contributed by atoms with E-state index < -0.39 is 0 Å². The molecule has 0 saturated heterocycles. The maximum atomic E-state index is 13.4. The standard InChI is InChI=1S/2C15H11BrClFN4O/c16-11-5-10(2-3-12(11)18)15-20-7-14(23)22(21-15)8-9-1-4-13(17)19-6-9;16-11-5-10(2-3-12(11)18)15-21-20-14(23)8-22(15)7-9-1-4-13(17)19-6-9/h1-6H,7-8H2,(H,20,21);1-6H,7-8H2,(H,20,23). The Morgan fingerprint density at radius 3 is 1.98 bits per heavy atom. The molecule has 4 heterocycles. The van der Waals surface area contributed by atoms with E-state index in [1.165, 1.54) is 17.1 Å². The second kappa shape index (κ2) is 15.1. The lowest BCUT2D eigenvalue weighted by Crippen LogP contribution is -2.50. The van der Waals surface area contributed by atoms with Crippen LogP contribution in [0.5, 0.6) is 0 Å². The van der Waals surface area contributed by atoms with Crippen LogP contribution < -0.4 is 10.9 Å². The minimum absolute atomic E-state index is 0.0261. The minimum Gasteiger partial charge on any atom is -0.341 e. The molecular formula is C30H22Br2Cl2F2N8O2. The molecule has 0 fully saturated rings. The van der Waals surface area contributed by atoms with Crippen molar-refractivity contribution in [2.45, 2.75) is 13.1 Å². The minimum atomic E-state index is -0.359. The van der Waals surface area contributed by atoms with Gasteiger partial charge in [-0.05, 0) is 91.5 Å². The van der Waals surface area contributed by atoms with Crippen LogP contribution in [0, 0.1) is 11.6 Å². The van der Waals surface area contributed by atoms with E-state index in [9.17, 15) is 18.4 Å². The highest BCUT2D eigenvalue weighted by molar-refractivity contribution is 9.10. The van der Waals surface area contributed by atoms with E-state index in [-0.39, 0.29) is 36.5 Å². The van der Waals surface area contributed by atoms with Crippen LogP contribution in [0.25, 0.3) is 0 Å². The van der Waals surface area contributed by atoms with Crippen molar-refractivity contribution in [1.29, 1.82) is 0 Å². The quantitative estimate of drug-likeness (QED) is 0.237. The fraction of sp³-hybridized carbons (Fsp3) is 0.133. The van der Waals surface area contributed by atoms with E-state index in [0.29, 0.717) is 55.1 Å². The molecule has 0 aliphatic carbocycles. The molecule has 2 aliphatic rings. The number of amides is 2. The average molecular weight is 795 g/mol. The van der Waals surface area contributed by atoms with E-state index in [0.717, 1.165) is 11.1 Å². The molecule has 0 spiro atoms. The van der Waals surface area contributed by atoms with Crippen molar-refractivity contribution >= 4 is 78.5 Å². The van der Waals surface area contributed by atoms with Gasteiger partial charge in [0.1, 0.15) is 40.9 Å². The fourth-order valence-corrected chi connectivity index (χ4v) is 5.25. The molecule has 2 N–H and O–H groups in total. The number of nitrogens with one attached hydrogen (secondary N) is 2. The van der Waals surface area contributed by atoms with Crippen LogP contribution in [-0.4, -0.2) is 56.5 Å². The number of hydrazine groups is 1. The van der Waals surface area contributed by atoms with Crippen molar-refractivity contribution < 1.29 is 18.4 Å². The maximum absolute atomic E-state index is 13.4. The Labute approximate surface area is 288 Å². The van der Waals surface area contributed by atoms with Crippen LogP contribution in [0.2, 0.25) is 10.3 Å². The zero-order chi connectivity index (χ0) is 32.8. The van der Waals surface area contributed by atoms with Gasteiger partial charge in [-0.2, -0.15) is 5.10 Å². The number of rotatable bonds is 6. The largest absolute Gasteiger partial charge is 0.341 e. The Kier molecular flexibility index (Phi) is 10.9. The number of halogens is 6. The average Bonchev–Trinajstić information content (AvgIpc) is 3.04. The number of nitrogens with zero attached hydrogens (tertiary/aromatic N) is 6. The smallest absolute Gasteiger partial charge is 0.262 e. The molecule has 236 valence electrons. The van der Waals surface area contributed by atoms with Crippen LogP contribution in [0.15, 0.2) is 92.1 Å². The van der Waals surface area contributed by atoms with E-state index in [1.807, 2.05) is 6.07 Å². The van der Waals surface area contributed by atoms with Gasteiger partial charge < -0.3 is 4.90 Å². The van der Waals surface area contributed by atoms with Gasteiger partial charge in [0.05, 0.1) is 15.5 Å². The number of carbonyl (C=O) groups is 2. The first-order valence-corrected chi connectivity index (χ1v) is 15.7. The summed E-state index contributed by atoms with van der Waals surface area (Å²) in [6.45, 7) is 0.935. The molecule has 0 atom stereocenters. The van der Waals surface area contributed by atoms with Crippen LogP contribution in [0.4, 0.5) is 8.78 Å². The van der Waals surface area contributed by atoms with Gasteiger partial charge in [0, 0.05) is 30.1 Å². The molecule has 2 amide bonds. The highest BCUT2D eigenvalue weighted by Gasteiger charge is 2.24. The van der Waals surface area contributed by atoms with Crippen LogP contribution >= 0.6 is 55.1 Å². The normalized spacial score (nSPS) is 14.5. The van der Waals surface area contributed by atoms with Gasteiger partial charge in [0.15, 0.2) is 5.84 Å². The third-order valence-electron chi connectivity index (χ3n) is 6.50. The second-order valence-electron chi connectivity index (χ2n) is 9.82. The summed E-state index contributed by atoms with van der Waals surface area (Å²) in [7, 11) is 0. The summed E-state index contributed by atoms with van der Waals surface area (Å²) in [5.41, 5.74) is 8.51. The van der Waals surface area contributed by atoms with E-state index in [4.69, 9.17) is 23.2 Å². The SMILES string of the molecule is O=C1CN(Cc2ccc(Cl)nc2)C(c2ccc(F)c(Br)c2)=NN1.O=C1CN=C(c2ccc(F)c(Br)c2)NN1Cc1ccc(Cl)nc1. The Morgan fingerprint density at radius 1 is 0.804 bits per heavy atom. The molecule has 0 radical (unpaired) electrons. The first-order chi connectivity index (χ1) is 22.0. The Bertz CT molecular complexity index is 1830. The molecule has 0 bridgehead atoms. The van der Waals surface area contributed by atoms with Crippen molar-refractivity contribution in [2.24, 2.45) is 10.1 Å². The van der Waals surface area contributed by atoms with Gasteiger partial charge in [0.2, 0.25) is 0 Å². The van der Waals surface area contributed by atoms with Crippen LogP contribution in [0.3, 0.4) is 0 Å². The number of aromatic nitrogens is 2. The maximum Gasteiger partial charge on any atom is 0.262 e. The molecule has 2 aromatic heterocycles. The van der Waals surface area contributed by atoms with Gasteiger partial charge >= 0.3 is 0 Å². The third-order valence-corrected chi connectivity index (χ3v) is 8.16. The highest BCUT2D eigenvalue weighted by Crippen LogP contribution is 2.21. The lowest BCUT2D eigenvalue weighted by molar-refractivity contribution is -0.132. The topological polar surface area (TPSA) is 115 Å². The Morgan fingerprint density at radius 2 is 1.39 bits per heavy atom. The summed E-state index contributed by atoms with van der Waals surface area (Å²) in [6, 6.07) is 16.1. The highest BCUT2D eigenvalue weighted by atomic mass is 79.9. The van der Waals surface area contributed by atoms with Gasteiger partial charge in [-0.25, -0.2) is 29.2 Å². The van der Waals surface area contributed by atoms with Crippen LogP contribution in [-0.2, 0) is 22.7 Å². The molecule has 10 nitrogen and oxygen atoms in total. The molecule has 4 aromatic rings. The molecule has 2 aliphatic heterocycles. The number of carbonyl (C=O) groups excluding carboxylic acids is 2. The fourth-order valence-electron chi connectivity index (χ4n) is 4.27. The second-order valence-corrected chi connectivity index (χ2v) is 12.3. The number of amidine groups is 2. The first kappa shape index (κ1) is 33.4. The molecular weight excluding hydrogens is 773 g/mol. The number of hydrazone groups is 1. The zero-order valence-corrected chi connectivity index (χ0v) is 28.2. The van der Waals surface area contributed by atoms with Crippen molar-refractivity contribution in [3.8, 4) is 0 Å². The monoisotopic (exact) mass is 792 g/mol. The summed E-state index contributed by atoms with van der Waals surface area (Å²) in [5, 5.41) is 6.35. The molecule has 0 saturated carbocycles. The number of benzene rings is 2. The molecule has 2 aromatic carbocycles. The molecule has 0 unspecified atom stereocenters. The van der Waals surface area contributed by atoms with E-state index in [2.05, 4.69) is 62.8 Å². The van der Waals surface area contributed by atoms with Crippen molar-refractivity contribution in [3.05, 3.63) is 126 Å². The lowest BCUT2D eigenvalue weighted by Gasteiger charge is -2.28. The number of hydrogen-bond acceptors (Lipinski definition) is 8. The van der Waals surface area contributed by atoms with Crippen LogP contribution in [0.1, 0.15) is 22.3 Å². The summed E-state index contributed by atoms with van der Waals surface area (Å²) < 4.78 is 27.4. The summed E-state index contributed by atoms with van der Waals surface area (Å²) >= 11 is 17.8. The van der Waals surface area contributed by atoms with Crippen molar-refractivity contribution in [3.63, 3.8) is 0 Å². The van der Waals surface area contributed by atoms with Gasteiger partial charge in [0.25, 0.3) is 11.8 Å². The third kappa shape index (κ3) is 8.63. The molecule has 46 heavy (non-hydrogen) atoms. The Hall–Kier alpha value is -3.98. The van der Waals surface area contributed by atoms with E-state index in [1.54, 1.807) is 59.8 Å². The summed E-state index contributed by atoms with van der Waals surface area (Å²) in [4.78, 5) is 37.7. The first-order valence-electron chi connectivity index (χ1n) is 13.4. The van der Waals surface area contributed by atoms with E-state index >= 15 is 0 Å². The summed E-state index contributed by atoms with van der Waals surface area (Å²) in [6.07, 6.45) is 3.25. The van der Waals surface area contributed by atoms with Gasteiger partial charge in [-0.15, -0.1) is 0 Å². The summed E-state index contributed by atoms with van der Waals surface area (Å²) in [5.74, 6) is -0.0258. The molecule has 16 heteroatoms.